The third kappa shape index (κ3) is 4.14. The standard InChI is InChI=1S/C27H28FNO2/c1-27(2,3)20-13-11-18(12-14-20)23-16-29(24-10-5-4-9-22(23)24)26(25(31)17-30)19-7-6-8-21(28)15-19/h4-16,25-26,30-31H,17H2,1-3H3/t25-,26+/m1/s1. The smallest absolute Gasteiger partial charge is 0.123 e. The van der Waals surface area contributed by atoms with Crippen LogP contribution in [0.1, 0.15) is 37.9 Å². The number of aromatic nitrogens is 1. The lowest BCUT2D eigenvalue weighted by Crippen LogP contribution is -2.28. The molecule has 1 aromatic heterocycles. The highest BCUT2D eigenvalue weighted by Crippen LogP contribution is 2.36. The summed E-state index contributed by atoms with van der Waals surface area (Å²) < 4.78 is 15.9. The summed E-state index contributed by atoms with van der Waals surface area (Å²) in [6, 6.07) is 22.1. The zero-order chi connectivity index (χ0) is 22.2. The van der Waals surface area contributed by atoms with E-state index in [1.807, 2.05) is 35.0 Å². The highest BCUT2D eigenvalue weighted by Gasteiger charge is 2.26. The average molecular weight is 418 g/mol. The van der Waals surface area contributed by atoms with Crippen LogP contribution in [-0.2, 0) is 5.41 Å². The Hall–Kier alpha value is -2.95. The first-order chi connectivity index (χ1) is 14.8. The van der Waals surface area contributed by atoms with Crippen LogP contribution in [-0.4, -0.2) is 27.5 Å². The SMILES string of the molecule is CC(C)(C)c1ccc(-c2cn([C@@H](c3cccc(F)c3)[C@H](O)CO)c3ccccc23)cc1. The zero-order valence-electron chi connectivity index (χ0n) is 18.1. The van der Waals surface area contributed by atoms with E-state index < -0.39 is 18.8 Å². The summed E-state index contributed by atoms with van der Waals surface area (Å²) in [6.07, 6.45) is 0.916. The lowest BCUT2D eigenvalue weighted by Gasteiger charge is -2.25. The van der Waals surface area contributed by atoms with Gasteiger partial charge in [0.2, 0.25) is 0 Å². The number of aliphatic hydroxyl groups is 2. The third-order valence-electron chi connectivity index (χ3n) is 5.84. The number of fused-ring (bicyclic) bond motifs is 1. The number of nitrogens with zero attached hydrogens (tertiary/aromatic N) is 1. The molecule has 4 rings (SSSR count). The Labute approximate surface area is 182 Å². The van der Waals surface area contributed by atoms with Gasteiger partial charge in [-0.15, -0.1) is 0 Å². The van der Waals surface area contributed by atoms with Gasteiger partial charge in [-0.25, -0.2) is 4.39 Å². The van der Waals surface area contributed by atoms with Crippen LogP contribution in [0.25, 0.3) is 22.0 Å². The van der Waals surface area contributed by atoms with Gasteiger partial charge < -0.3 is 14.8 Å². The van der Waals surface area contributed by atoms with Gasteiger partial charge in [-0.1, -0.05) is 75.4 Å². The van der Waals surface area contributed by atoms with E-state index in [2.05, 4.69) is 45.0 Å². The Morgan fingerprint density at radius 1 is 0.935 bits per heavy atom. The Bertz CT molecular complexity index is 1190. The maximum absolute atomic E-state index is 14.0. The maximum atomic E-state index is 14.0. The molecule has 160 valence electrons. The van der Waals surface area contributed by atoms with E-state index in [0.29, 0.717) is 5.56 Å². The summed E-state index contributed by atoms with van der Waals surface area (Å²) in [5, 5.41) is 21.5. The van der Waals surface area contributed by atoms with Gasteiger partial charge in [0.1, 0.15) is 11.9 Å². The van der Waals surface area contributed by atoms with E-state index in [4.69, 9.17) is 0 Å². The molecule has 0 aliphatic carbocycles. The largest absolute Gasteiger partial charge is 0.394 e. The molecule has 0 saturated carbocycles. The van der Waals surface area contributed by atoms with E-state index in [1.54, 1.807) is 12.1 Å². The molecule has 2 N–H and O–H groups in total. The van der Waals surface area contributed by atoms with Gasteiger partial charge in [-0.3, -0.25) is 0 Å². The molecule has 0 amide bonds. The molecular weight excluding hydrogens is 389 g/mol. The molecule has 0 aliphatic heterocycles. The van der Waals surface area contributed by atoms with E-state index in [0.717, 1.165) is 22.0 Å². The second kappa shape index (κ2) is 8.29. The van der Waals surface area contributed by atoms with Crippen molar-refractivity contribution < 1.29 is 14.6 Å². The van der Waals surface area contributed by atoms with Crippen molar-refractivity contribution in [1.29, 1.82) is 0 Å². The normalized spacial score (nSPS) is 14.0. The molecule has 0 radical (unpaired) electrons. The van der Waals surface area contributed by atoms with Crippen LogP contribution < -0.4 is 0 Å². The molecule has 0 bridgehead atoms. The Morgan fingerprint density at radius 2 is 1.65 bits per heavy atom. The van der Waals surface area contributed by atoms with Crippen molar-refractivity contribution >= 4 is 10.9 Å². The Morgan fingerprint density at radius 3 is 2.29 bits per heavy atom. The van der Waals surface area contributed by atoms with Gasteiger partial charge in [0.05, 0.1) is 12.6 Å². The topological polar surface area (TPSA) is 45.4 Å². The number of hydrogen-bond donors (Lipinski definition) is 2. The number of aliphatic hydroxyl groups excluding tert-OH is 2. The first-order valence-electron chi connectivity index (χ1n) is 10.5. The number of benzene rings is 3. The summed E-state index contributed by atoms with van der Waals surface area (Å²) in [7, 11) is 0. The summed E-state index contributed by atoms with van der Waals surface area (Å²) in [5.41, 5.74) is 4.95. The summed E-state index contributed by atoms with van der Waals surface area (Å²) >= 11 is 0. The predicted molar refractivity (Wildman–Crippen MR) is 124 cm³/mol. The molecule has 4 aromatic rings. The highest BCUT2D eigenvalue weighted by atomic mass is 19.1. The molecule has 3 nitrogen and oxygen atoms in total. The van der Waals surface area contributed by atoms with Crippen molar-refractivity contribution in [3.8, 4) is 11.1 Å². The average Bonchev–Trinajstić information content (AvgIpc) is 3.13. The molecule has 0 unspecified atom stereocenters. The number of halogens is 1. The Balaban J connectivity index is 1.89. The maximum Gasteiger partial charge on any atom is 0.123 e. The van der Waals surface area contributed by atoms with Crippen LogP contribution in [0.15, 0.2) is 79.0 Å². The van der Waals surface area contributed by atoms with E-state index >= 15 is 0 Å². The summed E-state index contributed by atoms with van der Waals surface area (Å²) in [4.78, 5) is 0. The van der Waals surface area contributed by atoms with E-state index in [-0.39, 0.29) is 11.2 Å². The van der Waals surface area contributed by atoms with Crippen molar-refractivity contribution in [2.75, 3.05) is 6.61 Å². The summed E-state index contributed by atoms with van der Waals surface area (Å²) in [6.45, 7) is 6.14. The molecule has 3 aromatic carbocycles. The first-order valence-corrected chi connectivity index (χ1v) is 10.5. The van der Waals surface area contributed by atoms with Gasteiger partial charge in [0.25, 0.3) is 0 Å². The van der Waals surface area contributed by atoms with Crippen LogP contribution in [0.4, 0.5) is 4.39 Å². The fourth-order valence-corrected chi connectivity index (χ4v) is 4.17. The zero-order valence-corrected chi connectivity index (χ0v) is 18.1. The minimum Gasteiger partial charge on any atom is -0.394 e. The molecule has 2 atom stereocenters. The molecule has 0 spiro atoms. The minimum absolute atomic E-state index is 0.0697. The Kier molecular flexibility index (Phi) is 5.69. The fraction of sp³-hybridized carbons (Fsp3) is 0.259. The van der Waals surface area contributed by atoms with Gasteiger partial charge in [0, 0.05) is 22.7 Å². The molecule has 0 aliphatic rings. The number of hydrogen-bond acceptors (Lipinski definition) is 2. The lowest BCUT2D eigenvalue weighted by atomic mass is 9.86. The van der Waals surface area contributed by atoms with Crippen LogP contribution >= 0.6 is 0 Å². The third-order valence-corrected chi connectivity index (χ3v) is 5.84. The number of para-hydroxylation sites is 1. The molecular formula is C27H28FNO2. The van der Waals surface area contributed by atoms with Gasteiger partial charge in [-0.2, -0.15) is 0 Å². The van der Waals surface area contributed by atoms with Gasteiger partial charge in [0.15, 0.2) is 0 Å². The van der Waals surface area contributed by atoms with Crippen LogP contribution in [0.3, 0.4) is 0 Å². The van der Waals surface area contributed by atoms with Crippen molar-refractivity contribution in [1.82, 2.24) is 4.57 Å². The van der Waals surface area contributed by atoms with E-state index in [9.17, 15) is 14.6 Å². The van der Waals surface area contributed by atoms with Crippen LogP contribution in [0.2, 0.25) is 0 Å². The molecule has 0 saturated heterocycles. The fourth-order valence-electron chi connectivity index (χ4n) is 4.17. The van der Waals surface area contributed by atoms with Crippen molar-refractivity contribution in [3.05, 3.63) is 95.9 Å². The van der Waals surface area contributed by atoms with Gasteiger partial charge >= 0.3 is 0 Å². The molecule has 0 fully saturated rings. The molecule has 4 heteroatoms. The predicted octanol–water partition coefficient (Wildman–Crippen LogP) is 5.69. The van der Waals surface area contributed by atoms with Crippen molar-refractivity contribution in [2.24, 2.45) is 0 Å². The lowest BCUT2D eigenvalue weighted by molar-refractivity contribution is 0.0653. The second-order valence-electron chi connectivity index (χ2n) is 9.04. The van der Waals surface area contributed by atoms with Crippen LogP contribution in [0.5, 0.6) is 0 Å². The monoisotopic (exact) mass is 417 g/mol. The van der Waals surface area contributed by atoms with Crippen molar-refractivity contribution in [2.45, 2.75) is 38.3 Å². The van der Waals surface area contributed by atoms with E-state index in [1.165, 1.54) is 17.7 Å². The van der Waals surface area contributed by atoms with Gasteiger partial charge in [-0.05, 0) is 40.3 Å². The summed E-state index contributed by atoms with van der Waals surface area (Å²) in [5.74, 6) is -0.373. The van der Waals surface area contributed by atoms with Crippen molar-refractivity contribution in [3.63, 3.8) is 0 Å². The highest BCUT2D eigenvalue weighted by molar-refractivity contribution is 5.96. The quantitative estimate of drug-likeness (QED) is 0.438. The van der Waals surface area contributed by atoms with Crippen LogP contribution in [0, 0.1) is 5.82 Å². The molecule has 31 heavy (non-hydrogen) atoms. The number of rotatable bonds is 5. The molecule has 1 heterocycles. The minimum atomic E-state index is -1.08. The second-order valence-corrected chi connectivity index (χ2v) is 9.04. The first kappa shape index (κ1) is 21.3.